The monoisotopic (exact) mass is 315 g/mol. The van der Waals surface area contributed by atoms with Crippen molar-refractivity contribution < 1.29 is 9.72 Å². The summed E-state index contributed by atoms with van der Waals surface area (Å²) < 4.78 is 0. The van der Waals surface area contributed by atoms with Crippen molar-refractivity contribution >= 4 is 28.9 Å². The molecule has 0 radical (unpaired) electrons. The first-order chi connectivity index (χ1) is 9.76. The van der Waals surface area contributed by atoms with Crippen molar-refractivity contribution in [2.45, 2.75) is 13.0 Å². The highest BCUT2D eigenvalue weighted by atomic mass is 35.5. The first-order valence-corrected chi connectivity index (χ1v) is 6.54. The second kappa shape index (κ2) is 7.21. The third kappa shape index (κ3) is 4.55. The highest BCUT2D eigenvalue weighted by molar-refractivity contribution is 6.34. The van der Waals surface area contributed by atoms with Crippen LogP contribution in [-0.4, -0.2) is 42.4 Å². The Kier molecular flexibility index (Phi) is 5.89. The van der Waals surface area contributed by atoms with Gasteiger partial charge >= 0.3 is 0 Å². The van der Waals surface area contributed by atoms with E-state index in [-0.39, 0.29) is 28.0 Å². The predicted molar refractivity (Wildman–Crippen MR) is 81.4 cm³/mol. The number of carbonyl (C=O) groups is 1. The number of amides is 1. The van der Waals surface area contributed by atoms with Crippen molar-refractivity contribution in [2.24, 2.45) is 5.84 Å². The van der Waals surface area contributed by atoms with Gasteiger partial charge in [-0.15, -0.1) is 0 Å². The molecule has 0 fully saturated rings. The molecule has 0 heterocycles. The number of rotatable bonds is 6. The van der Waals surface area contributed by atoms with E-state index in [1.54, 1.807) is 0 Å². The SMILES string of the molecule is CC(CN(C)C)NC(=O)c1cc(Cl)c(NN)c([N+](=O)[O-])c1. The highest BCUT2D eigenvalue weighted by Crippen LogP contribution is 2.32. The van der Waals surface area contributed by atoms with Crippen LogP contribution in [0.3, 0.4) is 0 Å². The summed E-state index contributed by atoms with van der Waals surface area (Å²) in [5, 5.41) is 13.7. The summed E-state index contributed by atoms with van der Waals surface area (Å²) in [6.45, 7) is 2.48. The summed E-state index contributed by atoms with van der Waals surface area (Å²) in [5.41, 5.74) is 1.89. The van der Waals surface area contributed by atoms with Crippen molar-refractivity contribution in [3.8, 4) is 0 Å². The lowest BCUT2D eigenvalue weighted by Crippen LogP contribution is -2.39. The Morgan fingerprint density at radius 1 is 1.52 bits per heavy atom. The first-order valence-electron chi connectivity index (χ1n) is 6.16. The molecule has 0 aliphatic heterocycles. The number of hydrazine groups is 1. The van der Waals surface area contributed by atoms with Gasteiger partial charge in [0.1, 0.15) is 5.69 Å². The molecule has 0 aromatic heterocycles. The maximum absolute atomic E-state index is 12.1. The quantitative estimate of drug-likeness (QED) is 0.413. The number of nitrogens with one attached hydrogen (secondary N) is 2. The first kappa shape index (κ1) is 17.2. The number of nitrogens with two attached hydrogens (primary N) is 1. The van der Waals surface area contributed by atoms with Crippen LogP contribution in [0.2, 0.25) is 5.02 Å². The van der Waals surface area contributed by atoms with Gasteiger partial charge in [0.05, 0.1) is 9.95 Å². The van der Waals surface area contributed by atoms with Gasteiger partial charge in [-0.1, -0.05) is 11.6 Å². The van der Waals surface area contributed by atoms with E-state index in [2.05, 4.69) is 10.7 Å². The van der Waals surface area contributed by atoms with Crippen molar-refractivity contribution in [1.29, 1.82) is 0 Å². The number of nitro benzene ring substituents is 1. The van der Waals surface area contributed by atoms with E-state index in [0.717, 1.165) is 6.07 Å². The van der Waals surface area contributed by atoms with Crippen LogP contribution in [-0.2, 0) is 0 Å². The van der Waals surface area contributed by atoms with E-state index in [4.69, 9.17) is 17.4 Å². The summed E-state index contributed by atoms with van der Waals surface area (Å²) in [5.74, 6) is 4.77. The van der Waals surface area contributed by atoms with Gasteiger partial charge in [0, 0.05) is 24.2 Å². The van der Waals surface area contributed by atoms with Crippen LogP contribution in [0.25, 0.3) is 0 Å². The van der Waals surface area contributed by atoms with Crippen LogP contribution in [0.15, 0.2) is 12.1 Å². The minimum Gasteiger partial charge on any atom is -0.348 e. The summed E-state index contributed by atoms with van der Waals surface area (Å²) in [7, 11) is 3.76. The molecule has 0 saturated carbocycles. The number of halogens is 1. The lowest BCUT2D eigenvalue weighted by atomic mass is 10.1. The van der Waals surface area contributed by atoms with Crippen LogP contribution in [0.5, 0.6) is 0 Å². The molecule has 1 aromatic rings. The van der Waals surface area contributed by atoms with E-state index in [1.807, 2.05) is 25.9 Å². The molecular formula is C12H18ClN5O3. The Balaban J connectivity index is 3.03. The number of likely N-dealkylation sites (N-methyl/N-ethyl adjacent to an activating group) is 1. The molecule has 0 saturated heterocycles. The number of benzene rings is 1. The summed E-state index contributed by atoms with van der Waals surface area (Å²) in [6, 6.07) is 2.36. The Hall–Kier alpha value is -1.90. The van der Waals surface area contributed by atoms with Gasteiger partial charge in [-0.25, -0.2) is 0 Å². The third-order valence-electron chi connectivity index (χ3n) is 2.69. The molecule has 1 rings (SSSR count). The topological polar surface area (TPSA) is 114 Å². The summed E-state index contributed by atoms with van der Waals surface area (Å²) >= 11 is 5.91. The molecule has 1 amide bonds. The molecule has 8 nitrogen and oxygen atoms in total. The molecule has 0 aliphatic rings. The van der Waals surface area contributed by atoms with E-state index < -0.39 is 10.8 Å². The fourth-order valence-electron chi connectivity index (χ4n) is 1.91. The lowest BCUT2D eigenvalue weighted by Gasteiger charge is -2.18. The molecule has 0 bridgehead atoms. The fourth-order valence-corrected chi connectivity index (χ4v) is 2.18. The lowest BCUT2D eigenvalue weighted by molar-refractivity contribution is -0.384. The van der Waals surface area contributed by atoms with Crippen LogP contribution in [0.1, 0.15) is 17.3 Å². The summed E-state index contributed by atoms with van der Waals surface area (Å²) in [6.07, 6.45) is 0. The normalized spacial score (nSPS) is 12.1. The van der Waals surface area contributed by atoms with E-state index in [0.29, 0.717) is 6.54 Å². The average molecular weight is 316 g/mol. The minimum atomic E-state index is -0.652. The van der Waals surface area contributed by atoms with E-state index >= 15 is 0 Å². The number of hydrogen-bond acceptors (Lipinski definition) is 6. The van der Waals surface area contributed by atoms with Gasteiger partial charge in [0.25, 0.3) is 11.6 Å². The molecule has 9 heteroatoms. The fraction of sp³-hybridized carbons (Fsp3) is 0.417. The smallest absolute Gasteiger partial charge is 0.295 e. The van der Waals surface area contributed by atoms with Crippen LogP contribution in [0, 0.1) is 10.1 Å². The second-order valence-electron chi connectivity index (χ2n) is 4.89. The third-order valence-corrected chi connectivity index (χ3v) is 2.99. The predicted octanol–water partition coefficient (Wildman–Crippen LogP) is 1.21. The number of carbonyl (C=O) groups excluding carboxylic acids is 1. The molecule has 21 heavy (non-hydrogen) atoms. The van der Waals surface area contributed by atoms with Crippen LogP contribution in [0.4, 0.5) is 11.4 Å². The van der Waals surface area contributed by atoms with Gasteiger partial charge in [0.15, 0.2) is 0 Å². The maximum atomic E-state index is 12.1. The van der Waals surface area contributed by atoms with Crippen molar-refractivity contribution in [3.05, 3.63) is 32.8 Å². The Morgan fingerprint density at radius 2 is 2.14 bits per heavy atom. The van der Waals surface area contributed by atoms with Gasteiger partial charge < -0.3 is 15.6 Å². The Morgan fingerprint density at radius 3 is 2.62 bits per heavy atom. The molecule has 1 atom stereocenters. The number of nitro groups is 1. The van der Waals surface area contributed by atoms with Crippen molar-refractivity contribution in [1.82, 2.24) is 10.2 Å². The second-order valence-corrected chi connectivity index (χ2v) is 5.30. The van der Waals surface area contributed by atoms with Gasteiger partial charge in [-0.2, -0.15) is 0 Å². The number of hydrogen-bond donors (Lipinski definition) is 3. The highest BCUT2D eigenvalue weighted by Gasteiger charge is 2.21. The average Bonchev–Trinajstić information content (AvgIpc) is 2.36. The van der Waals surface area contributed by atoms with Gasteiger partial charge in [0.2, 0.25) is 0 Å². The number of anilines is 1. The number of nitrogen functional groups attached to an aromatic ring is 1. The van der Waals surface area contributed by atoms with Crippen molar-refractivity contribution in [3.63, 3.8) is 0 Å². The zero-order chi connectivity index (χ0) is 16.2. The maximum Gasteiger partial charge on any atom is 0.295 e. The molecule has 0 spiro atoms. The summed E-state index contributed by atoms with van der Waals surface area (Å²) in [4.78, 5) is 24.4. The van der Waals surface area contributed by atoms with E-state index in [9.17, 15) is 14.9 Å². The van der Waals surface area contributed by atoms with Crippen molar-refractivity contribution in [2.75, 3.05) is 26.1 Å². The number of nitrogens with zero attached hydrogens (tertiary/aromatic N) is 2. The molecule has 0 aliphatic carbocycles. The zero-order valence-corrected chi connectivity index (χ0v) is 12.8. The largest absolute Gasteiger partial charge is 0.348 e. The molecule has 4 N–H and O–H groups in total. The molecule has 1 aromatic carbocycles. The Bertz CT molecular complexity index is 550. The minimum absolute atomic E-state index is 0.0112. The molecule has 116 valence electrons. The van der Waals surface area contributed by atoms with Gasteiger partial charge in [-0.3, -0.25) is 20.8 Å². The van der Waals surface area contributed by atoms with Gasteiger partial charge in [-0.05, 0) is 27.1 Å². The van der Waals surface area contributed by atoms with E-state index in [1.165, 1.54) is 6.07 Å². The Labute approximate surface area is 127 Å². The van der Waals surface area contributed by atoms with Crippen LogP contribution >= 0.6 is 11.6 Å². The zero-order valence-electron chi connectivity index (χ0n) is 12.0. The standard InChI is InChI=1S/C12H18ClN5O3/c1-7(6-17(2)3)15-12(19)8-4-9(13)11(16-14)10(5-8)18(20)21/h4-5,7,16H,6,14H2,1-3H3,(H,15,19). The van der Waals surface area contributed by atoms with Crippen LogP contribution < -0.4 is 16.6 Å². The molecular weight excluding hydrogens is 298 g/mol. The molecule has 1 unspecified atom stereocenters.